The second kappa shape index (κ2) is 8.67. The quantitative estimate of drug-likeness (QED) is 0.418. The van der Waals surface area contributed by atoms with E-state index in [4.69, 9.17) is 32.7 Å². The van der Waals surface area contributed by atoms with E-state index in [1.807, 2.05) is 12.1 Å². The molecular weight excluding hydrogens is 418 g/mol. The van der Waals surface area contributed by atoms with Crippen LogP contribution >= 0.6 is 23.2 Å². The molecule has 4 rings (SSSR count). The van der Waals surface area contributed by atoms with Gasteiger partial charge in [-0.3, -0.25) is 0 Å². The van der Waals surface area contributed by atoms with Gasteiger partial charge in [-0.15, -0.1) is 0 Å². The number of hydrogen-bond donors (Lipinski definition) is 2. The van der Waals surface area contributed by atoms with Gasteiger partial charge in [0.2, 0.25) is 0 Å². The van der Waals surface area contributed by atoms with Crippen LogP contribution in [0, 0.1) is 5.82 Å². The Morgan fingerprint density at radius 2 is 2.03 bits per heavy atom. The van der Waals surface area contributed by atoms with E-state index in [1.165, 1.54) is 18.5 Å². The lowest BCUT2D eigenvalue weighted by atomic mass is 9.91. The van der Waals surface area contributed by atoms with Crippen molar-refractivity contribution in [1.29, 1.82) is 0 Å². The first-order valence-corrected chi connectivity index (χ1v) is 9.85. The van der Waals surface area contributed by atoms with Gasteiger partial charge in [0.1, 0.15) is 24.5 Å². The van der Waals surface area contributed by atoms with Crippen LogP contribution in [-0.2, 0) is 4.74 Å². The molecule has 0 spiro atoms. The first kappa shape index (κ1) is 20.1. The van der Waals surface area contributed by atoms with Crippen LogP contribution in [0.4, 0.5) is 15.9 Å². The second-order valence-corrected chi connectivity index (χ2v) is 7.46. The number of ether oxygens (including phenoxy) is 2. The minimum atomic E-state index is -0.631. The van der Waals surface area contributed by atoms with Gasteiger partial charge in [0.15, 0.2) is 5.82 Å². The monoisotopic (exact) mass is 436 g/mol. The van der Waals surface area contributed by atoms with Gasteiger partial charge in [0.25, 0.3) is 0 Å². The largest absolute Gasteiger partial charge is 0.491 e. The molecular formula is C20H19Cl2FN4O2. The number of nitrogens with zero attached hydrogens (tertiary/aromatic N) is 2. The van der Waals surface area contributed by atoms with Crippen molar-refractivity contribution in [2.75, 3.05) is 38.7 Å². The molecule has 0 amide bonds. The molecule has 152 valence electrons. The number of hydrogen-bond acceptors (Lipinski definition) is 6. The van der Waals surface area contributed by atoms with Crippen LogP contribution in [0.5, 0.6) is 5.75 Å². The topological polar surface area (TPSA) is 68.3 Å². The average Bonchev–Trinajstić information content (AvgIpc) is 2.68. The number of methoxy groups -OCH3 is 1. The van der Waals surface area contributed by atoms with Gasteiger partial charge in [-0.05, 0) is 18.2 Å². The zero-order valence-electron chi connectivity index (χ0n) is 15.6. The number of rotatable bonds is 7. The summed E-state index contributed by atoms with van der Waals surface area (Å²) in [6.07, 6.45) is 1.42. The minimum absolute atomic E-state index is 0.134. The van der Waals surface area contributed by atoms with Gasteiger partial charge in [0.05, 0.1) is 27.9 Å². The van der Waals surface area contributed by atoms with Crippen molar-refractivity contribution in [3.63, 3.8) is 0 Å². The molecule has 1 aliphatic heterocycles. The fraction of sp³-hybridized carbons (Fsp3) is 0.300. The maximum absolute atomic E-state index is 14.5. The molecule has 0 aliphatic carbocycles. The van der Waals surface area contributed by atoms with E-state index in [0.717, 1.165) is 29.8 Å². The molecule has 0 saturated carbocycles. The summed E-state index contributed by atoms with van der Waals surface area (Å²) in [5, 5.41) is 7.06. The SMILES string of the molecule is COCCOc1cc2ncnc(Nc3ccc(Cl)c(Cl)c3F)c2cc1C1CNC1. The third-order valence-electron chi connectivity index (χ3n) is 4.82. The first-order chi connectivity index (χ1) is 14.1. The van der Waals surface area contributed by atoms with E-state index in [0.29, 0.717) is 30.5 Å². The number of benzene rings is 2. The van der Waals surface area contributed by atoms with Crippen LogP contribution in [0.25, 0.3) is 10.9 Å². The molecule has 0 atom stereocenters. The summed E-state index contributed by atoms with van der Waals surface area (Å²) in [7, 11) is 1.63. The molecule has 1 saturated heterocycles. The first-order valence-electron chi connectivity index (χ1n) is 9.10. The highest BCUT2D eigenvalue weighted by atomic mass is 35.5. The molecule has 2 heterocycles. The van der Waals surface area contributed by atoms with Crippen LogP contribution in [0.15, 0.2) is 30.6 Å². The van der Waals surface area contributed by atoms with Gasteiger partial charge < -0.3 is 20.1 Å². The summed E-state index contributed by atoms with van der Waals surface area (Å²) in [5.41, 5.74) is 1.93. The lowest BCUT2D eigenvalue weighted by Crippen LogP contribution is -2.40. The molecule has 1 aliphatic rings. The van der Waals surface area contributed by atoms with Gasteiger partial charge in [0, 0.05) is 43.1 Å². The van der Waals surface area contributed by atoms with Crippen molar-refractivity contribution in [2.24, 2.45) is 0 Å². The molecule has 6 nitrogen and oxygen atoms in total. The normalized spacial score (nSPS) is 14.1. The van der Waals surface area contributed by atoms with Crippen LogP contribution in [0.1, 0.15) is 11.5 Å². The molecule has 1 fully saturated rings. The average molecular weight is 437 g/mol. The lowest BCUT2D eigenvalue weighted by molar-refractivity contribution is 0.145. The summed E-state index contributed by atoms with van der Waals surface area (Å²) in [5.74, 6) is 0.941. The maximum Gasteiger partial charge on any atom is 0.166 e. The van der Waals surface area contributed by atoms with E-state index >= 15 is 0 Å². The van der Waals surface area contributed by atoms with Crippen LogP contribution in [-0.4, -0.2) is 43.4 Å². The van der Waals surface area contributed by atoms with Crippen molar-refractivity contribution >= 4 is 45.6 Å². The Bertz CT molecular complexity index is 1050. The van der Waals surface area contributed by atoms with E-state index in [-0.39, 0.29) is 15.7 Å². The van der Waals surface area contributed by atoms with Crippen molar-refractivity contribution in [1.82, 2.24) is 15.3 Å². The molecule has 0 unspecified atom stereocenters. The predicted molar refractivity (Wildman–Crippen MR) is 112 cm³/mol. The predicted octanol–water partition coefficient (Wildman–Crippen LogP) is 4.53. The molecule has 1 aromatic heterocycles. The van der Waals surface area contributed by atoms with Crippen molar-refractivity contribution in [2.45, 2.75) is 5.92 Å². The van der Waals surface area contributed by atoms with E-state index in [1.54, 1.807) is 7.11 Å². The highest BCUT2D eigenvalue weighted by molar-refractivity contribution is 6.42. The van der Waals surface area contributed by atoms with Crippen molar-refractivity contribution in [3.05, 3.63) is 52.0 Å². The van der Waals surface area contributed by atoms with Crippen LogP contribution in [0.3, 0.4) is 0 Å². The summed E-state index contributed by atoms with van der Waals surface area (Å²) >= 11 is 11.8. The van der Waals surface area contributed by atoms with Gasteiger partial charge in [-0.2, -0.15) is 0 Å². The second-order valence-electron chi connectivity index (χ2n) is 6.67. The molecule has 0 radical (unpaired) electrons. The van der Waals surface area contributed by atoms with Crippen molar-refractivity contribution < 1.29 is 13.9 Å². The highest BCUT2D eigenvalue weighted by Gasteiger charge is 2.24. The van der Waals surface area contributed by atoms with Gasteiger partial charge in [-0.1, -0.05) is 23.2 Å². The molecule has 0 bridgehead atoms. The van der Waals surface area contributed by atoms with E-state index in [9.17, 15) is 4.39 Å². The fourth-order valence-corrected chi connectivity index (χ4v) is 3.45. The summed E-state index contributed by atoms with van der Waals surface area (Å²) in [4.78, 5) is 8.66. The standard InChI is InChI=1S/C20H19Cl2FN4O2/c1-28-4-5-29-17-7-16-13(6-12(17)11-8-24-9-11)20(26-10-25-16)27-15-3-2-14(21)18(22)19(15)23/h2-3,6-7,10-11,24H,4-5,8-9H2,1H3,(H,25,26,27). The Kier molecular flexibility index (Phi) is 6.01. The molecule has 3 aromatic rings. The minimum Gasteiger partial charge on any atom is -0.491 e. The number of aromatic nitrogens is 2. The number of nitrogens with one attached hydrogen (secondary N) is 2. The zero-order chi connectivity index (χ0) is 20.4. The molecule has 29 heavy (non-hydrogen) atoms. The summed E-state index contributed by atoms with van der Waals surface area (Å²) in [6, 6.07) is 6.94. The van der Waals surface area contributed by atoms with Gasteiger partial charge >= 0.3 is 0 Å². The van der Waals surface area contributed by atoms with E-state index < -0.39 is 5.82 Å². The highest BCUT2D eigenvalue weighted by Crippen LogP contribution is 2.37. The number of halogens is 3. The summed E-state index contributed by atoms with van der Waals surface area (Å²) < 4.78 is 25.5. The van der Waals surface area contributed by atoms with E-state index in [2.05, 4.69) is 20.6 Å². The maximum atomic E-state index is 14.5. The Morgan fingerprint density at radius 3 is 2.76 bits per heavy atom. The Balaban J connectivity index is 1.74. The molecule has 2 aromatic carbocycles. The molecule has 9 heteroatoms. The molecule has 2 N–H and O–H groups in total. The third-order valence-corrected chi connectivity index (χ3v) is 5.60. The zero-order valence-corrected chi connectivity index (χ0v) is 17.1. The Morgan fingerprint density at radius 1 is 1.21 bits per heavy atom. The summed E-state index contributed by atoms with van der Waals surface area (Å²) in [6.45, 7) is 2.67. The number of fused-ring (bicyclic) bond motifs is 1. The van der Waals surface area contributed by atoms with Crippen LogP contribution < -0.4 is 15.4 Å². The Hall–Kier alpha value is -2.19. The van der Waals surface area contributed by atoms with Crippen molar-refractivity contribution in [3.8, 4) is 5.75 Å². The number of anilines is 2. The van der Waals surface area contributed by atoms with Gasteiger partial charge in [-0.25, -0.2) is 14.4 Å². The smallest absolute Gasteiger partial charge is 0.166 e. The fourth-order valence-electron chi connectivity index (χ4n) is 3.14. The lowest BCUT2D eigenvalue weighted by Gasteiger charge is -2.29. The van der Waals surface area contributed by atoms with Crippen LogP contribution in [0.2, 0.25) is 10.0 Å². The third kappa shape index (κ3) is 4.09. The Labute approximate surface area is 177 Å².